The zero-order valence-corrected chi connectivity index (χ0v) is 23.3. The van der Waals surface area contributed by atoms with Gasteiger partial charge in [0.25, 0.3) is 0 Å². The maximum absolute atomic E-state index is 13.6. The van der Waals surface area contributed by atoms with Crippen LogP contribution in [0.3, 0.4) is 0 Å². The first-order valence-electron chi connectivity index (χ1n) is 11.3. The Morgan fingerprint density at radius 2 is 1.74 bits per heavy atom. The van der Waals surface area contributed by atoms with Crippen molar-refractivity contribution in [3.63, 3.8) is 0 Å². The molecule has 0 aliphatic rings. The fourth-order valence-electron chi connectivity index (χ4n) is 3.48. The lowest BCUT2D eigenvalue weighted by molar-refractivity contribution is -0.139. The van der Waals surface area contributed by atoms with Gasteiger partial charge >= 0.3 is 0 Å². The van der Waals surface area contributed by atoms with Gasteiger partial charge in [0, 0.05) is 22.6 Å². The third-order valence-corrected chi connectivity index (χ3v) is 7.76. The maximum atomic E-state index is 13.6. The van der Waals surface area contributed by atoms with Crippen LogP contribution in [0, 0.1) is 13.8 Å². The van der Waals surface area contributed by atoms with Crippen molar-refractivity contribution in [1.29, 1.82) is 0 Å². The van der Waals surface area contributed by atoms with Crippen molar-refractivity contribution in [1.82, 2.24) is 10.2 Å². The van der Waals surface area contributed by atoms with Crippen LogP contribution in [-0.4, -0.2) is 50.0 Å². The van der Waals surface area contributed by atoms with E-state index in [1.807, 2.05) is 26.8 Å². The molecule has 2 aromatic rings. The molecule has 2 rings (SSSR count). The molecule has 0 spiro atoms. The number of halogens is 2. The molecule has 2 atom stereocenters. The first-order valence-corrected chi connectivity index (χ1v) is 13.9. The molecular formula is C25H33Cl2N3O4S. The summed E-state index contributed by atoms with van der Waals surface area (Å²) in [6.45, 7) is 8.66. The summed E-state index contributed by atoms with van der Waals surface area (Å²) < 4.78 is 26.5. The second-order valence-corrected chi connectivity index (χ2v) is 11.5. The van der Waals surface area contributed by atoms with Gasteiger partial charge in [-0.2, -0.15) is 0 Å². The van der Waals surface area contributed by atoms with E-state index in [1.165, 1.54) is 4.90 Å². The Morgan fingerprint density at radius 3 is 2.31 bits per heavy atom. The summed E-state index contributed by atoms with van der Waals surface area (Å²) in [4.78, 5) is 27.9. The van der Waals surface area contributed by atoms with Crippen LogP contribution in [-0.2, 0) is 26.2 Å². The Morgan fingerprint density at radius 1 is 1.09 bits per heavy atom. The molecule has 192 valence electrons. The van der Waals surface area contributed by atoms with Crippen molar-refractivity contribution >= 4 is 50.7 Å². The van der Waals surface area contributed by atoms with Crippen LogP contribution in [0.15, 0.2) is 36.4 Å². The van der Waals surface area contributed by atoms with Crippen LogP contribution in [0.1, 0.15) is 43.9 Å². The molecule has 0 unspecified atom stereocenters. The van der Waals surface area contributed by atoms with Gasteiger partial charge in [-0.25, -0.2) is 8.42 Å². The Bertz CT molecular complexity index is 1190. The smallest absolute Gasteiger partial charge is 0.244 e. The van der Waals surface area contributed by atoms with E-state index in [0.717, 1.165) is 28.1 Å². The Hall–Kier alpha value is -2.29. The number of aryl methyl sites for hydroxylation is 1. The second kappa shape index (κ2) is 12.1. The molecule has 0 aliphatic heterocycles. The minimum Gasteiger partial charge on any atom is -0.352 e. The van der Waals surface area contributed by atoms with Crippen LogP contribution in [0.4, 0.5) is 5.69 Å². The van der Waals surface area contributed by atoms with Gasteiger partial charge in [0.2, 0.25) is 21.8 Å². The van der Waals surface area contributed by atoms with Crippen LogP contribution < -0.4 is 9.62 Å². The average molecular weight is 543 g/mol. The van der Waals surface area contributed by atoms with E-state index < -0.39 is 28.5 Å². The fraction of sp³-hybridized carbons (Fsp3) is 0.440. The van der Waals surface area contributed by atoms with Gasteiger partial charge in [-0.15, -0.1) is 0 Å². The van der Waals surface area contributed by atoms with Crippen molar-refractivity contribution in [2.45, 2.75) is 59.7 Å². The van der Waals surface area contributed by atoms with Crippen LogP contribution in [0.5, 0.6) is 0 Å². The maximum Gasteiger partial charge on any atom is 0.244 e. The highest BCUT2D eigenvalue weighted by Crippen LogP contribution is 2.27. The molecule has 0 saturated heterocycles. The highest BCUT2D eigenvalue weighted by atomic mass is 35.5. The molecule has 0 fully saturated rings. The zero-order valence-electron chi connectivity index (χ0n) is 20.9. The first kappa shape index (κ1) is 28.9. The lowest BCUT2D eigenvalue weighted by Gasteiger charge is -2.32. The Balaban J connectivity index is 2.47. The summed E-state index contributed by atoms with van der Waals surface area (Å²) >= 11 is 12.4. The summed E-state index contributed by atoms with van der Waals surface area (Å²) in [5.74, 6) is -0.871. The van der Waals surface area contributed by atoms with E-state index in [4.69, 9.17) is 23.2 Å². The first-order chi connectivity index (χ1) is 16.3. The number of hydrogen-bond acceptors (Lipinski definition) is 4. The topological polar surface area (TPSA) is 86.8 Å². The minimum absolute atomic E-state index is 0.00826. The van der Waals surface area contributed by atoms with Crippen LogP contribution in [0.25, 0.3) is 0 Å². The SMILES string of the molecule is CC[C@@H](C)NC(=O)[C@H](C)N(Cc1ccc(Cl)cc1Cl)C(=O)CN(c1cccc(C)c1C)S(C)(=O)=O. The van der Waals surface area contributed by atoms with Gasteiger partial charge in [0.1, 0.15) is 12.6 Å². The number of sulfonamides is 1. The lowest BCUT2D eigenvalue weighted by Crippen LogP contribution is -2.52. The van der Waals surface area contributed by atoms with E-state index >= 15 is 0 Å². The van der Waals surface area contributed by atoms with E-state index in [-0.39, 0.29) is 18.5 Å². The van der Waals surface area contributed by atoms with E-state index in [9.17, 15) is 18.0 Å². The van der Waals surface area contributed by atoms with Crippen molar-refractivity contribution in [2.75, 3.05) is 17.1 Å². The highest BCUT2D eigenvalue weighted by Gasteiger charge is 2.31. The molecule has 0 saturated carbocycles. The molecule has 35 heavy (non-hydrogen) atoms. The molecule has 0 radical (unpaired) electrons. The van der Waals surface area contributed by atoms with E-state index in [1.54, 1.807) is 44.2 Å². The number of nitrogens with one attached hydrogen (secondary N) is 1. The van der Waals surface area contributed by atoms with Gasteiger partial charge in [-0.1, -0.05) is 48.3 Å². The molecule has 0 aromatic heterocycles. The van der Waals surface area contributed by atoms with E-state index in [0.29, 0.717) is 21.3 Å². The van der Waals surface area contributed by atoms with Crippen molar-refractivity contribution in [3.8, 4) is 0 Å². The van der Waals surface area contributed by atoms with Crippen molar-refractivity contribution in [2.24, 2.45) is 0 Å². The fourth-order valence-corrected chi connectivity index (χ4v) is 4.85. The van der Waals surface area contributed by atoms with Gasteiger partial charge < -0.3 is 10.2 Å². The molecule has 2 amide bonds. The number of benzene rings is 2. The number of nitrogens with zero attached hydrogens (tertiary/aromatic N) is 2. The number of carbonyl (C=O) groups excluding carboxylic acids is 2. The number of carbonyl (C=O) groups is 2. The van der Waals surface area contributed by atoms with Gasteiger partial charge in [0.15, 0.2) is 0 Å². The highest BCUT2D eigenvalue weighted by molar-refractivity contribution is 7.92. The predicted octanol–water partition coefficient (Wildman–Crippen LogP) is 4.71. The van der Waals surface area contributed by atoms with Crippen molar-refractivity contribution in [3.05, 3.63) is 63.1 Å². The summed E-state index contributed by atoms with van der Waals surface area (Å²) in [6, 6.07) is 9.22. The molecule has 7 nitrogen and oxygen atoms in total. The van der Waals surface area contributed by atoms with Gasteiger partial charge in [0.05, 0.1) is 11.9 Å². The molecule has 0 aliphatic carbocycles. The largest absolute Gasteiger partial charge is 0.352 e. The average Bonchev–Trinajstić information content (AvgIpc) is 2.77. The van der Waals surface area contributed by atoms with Gasteiger partial charge in [-0.3, -0.25) is 13.9 Å². The third kappa shape index (κ3) is 7.59. The van der Waals surface area contributed by atoms with Crippen LogP contribution >= 0.6 is 23.2 Å². The summed E-state index contributed by atoms with van der Waals surface area (Å²) in [6.07, 6.45) is 1.78. The van der Waals surface area contributed by atoms with Crippen molar-refractivity contribution < 1.29 is 18.0 Å². The number of rotatable bonds is 10. The molecule has 2 aromatic carbocycles. The monoisotopic (exact) mass is 541 g/mol. The molecule has 0 heterocycles. The molecular weight excluding hydrogens is 509 g/mol. The third-order valence-electron chi connectivity index (χ3n) is 6.05. The summed E-state index contributed by atoms with van der Waals surface area (Å²) in [7, 11) is -3.80. The molecule has 1 N–H and O–H groups in total. The normalized spacial score (nSPS) is 13.1. The number of amides is 2. The number of anilines is 1. The minimum atomic E-state index is -3.80. The Labute approximate surface area is 218 Å². The zero-order chi connectivity index (χ0) is 26.5. The second-order valence-electron chi connectivity index (χ2n) is 8.74. The molecule has 10 heteroatoms. The summed E-state index contributed by atoms with van der Waals surface area (Å²) in [5, 5.41) is 3.68. The standard InChI is InChI=1S/C25H33Cl2N3O4S/c1-7-17(3)28-25(32)19(5)29(14-20-11-12-21(26)13-22(20)27)24(31)15-30(35(6,33)34)23-10-8-9-16(2)18(23)4/h8-13,17,19H,7,14-15H2,1-6H3,(H,28,32)/t17-,19+/m1/s1. The lowest BCUT2D eigenvalue weighted by atomic mass is 10.1. The number of hydrogen-bond donors (Lipinski definition) is 1. The summed E-state index contributed by atoms with van der Waals surface area (Å²) in [5.41, 5.74) is 2.66. The predicted molar refractivity (Wildman–Crippen MR) is 142 cm³/mol. The van der Waals surface area contributed by atoms with Gasteiger partial charge in [-0.05, 0) is 69.0 Å². The van der Waals surface area contributed by atoms with E-state index in [2.05, 4.69) is 5.32 Å². The molecule has 0 bridgehead atoms. The quantitative estimate of drug-likeness (QED) is 0.471. The Kier molecular flexibility index (Phi) is 10.0. The van der Waals surface area contributed by atoms with Crippen LogP contribution in [0.2, 0.25) is 10.0 Å².